The minimum Gasteiger partial charge on any atom is -0.479 e. The zero-order valence-corrected chi connectivity index (χ0v) is 8.49. The molecule has 14 heavy (non-hydrogen) atoms. The molecule has 3 nitrogen and oxygen atoms in total. The molecule has 1 atom stereocenters. The van der Waals surface area contributed by atoms with Crippen molar-refractivity contribution in [2.75, 3.05) is 7.11 Å². The number of ether oxygens (including phenoxy) is 1. The third-order valence-electron chi connectivity index (χ3n) is 1.89. The van der Waals surface area contributed by atoms with Gasteiger partial charge < -0.3 is 9.84 Å². The molecule has 0 spiro atoms. The lowest BCUT2D eigenvalue weighted by Gasteiger charge is -2.09. The fourth-order valence-electron chi connectivity index (χ4n) is 1.11. The minimum atomic E-state index is -0.956. The van der Waals surface area contributed by atoms with Gasteiger partial charge in [-0.2, -0.15) is 0 Å². The fraction of sp³-hybridized carbons (Fsp3) is 0.300. The molecular weight excluding hydrogens is 204 g/mol. The molecule has 0 amide bonds. The molecule has 0 aliphatic carbocycles. The molecule has 1 aromatic carbocycles. The van der Waals surface area contributed by atoms with Gasteiger partial charge in [-0.25, -0.2) is 4.79 Å². The Balaban J connectivity index is 2.67. The van der Waals surface area contributed by atoms with Gasteiger partial charge in [-0.3, -0.25) is 0 Å². The van der Waals surface area contributed by atoms with Crippen molar-refractivity contribution in [1.29, 1.82) is 0 Å². The molecule has 0 bridgehead atoms. The quantitative estimate of drug-likeness (QED) is 0.834. The molecule has 4 heteroatoms. The number of rotatable bonds is 4. The maximum absolute atomic E-state index is 10.7. The highest BCUT2D eigenvalue weighted by Gasteiger charge is 2.16. The summed E-state index contributed by atoms with van der Waals surface area (Å²) in [5, 5.41) is 9.38. The van der Waals surface area contributed by atoms with Crippen LogP contribution in [-0.2, 0) is 16.0 Å². The highest BCUT2D eigenvalue weighted by atomic mass is 35.5. The Morgan fingerprint density at radius 3 is 2.50 bits per heavy atom. The summed E-state index contributed by atoms with van der Waals surface area (Å²) in [6, 6.07) is 7.03. The van der Waals surface area contributed by atoms with Gasteiger partial charge in [0.1, 0.15) is 0 Å². The van der Waals surface area contributed by atoms with E-state index in [9.17, 15) is 4.79 Å². The van der Waals surface area contributed by atoms with Crippen molar-refractivity contribution in [2.45, 2.75) is 12.5 Å². The summed E-state index contributed by atoms with van der Waals surface area (Å²) >= 11 is 5.70. The number of aliphatic carboxylic acids is 1. The Morgan fingerprint density at radius 2 is 2.07 bits per heavy atom. The van der Waals surface area contributed by atoms with E-state index >= 15 is 0 Å². The fourth-order valence-corrected chi connectivity index (χ4v) is 1.23. The topological polar surface area (TPSA) is 46.5 Å². The summed E-state index contributed by atoms with van der Waals surface area (Å²) in [7, 11) is 1.38. The van der Waals surface area contributed by atoms with Crippen molar-refractivity contribution in [3.05, 3.63) is 34.9 Å². The minimum absolute atomic E-state index is 0.350. The van der Waals surface area contributed by atoms with Crippen LogP contribution in [0.15, 0.2) is 24.3 Å². The molecule has 0 heterocycles. The van der Waals surface area contributed by atoms with Gasteiger partial charge in [0.2, 0.25) is 0 Å². The highest BCUT2D eigenvalue weighted by molar-refractivity contribution is 6.30. The summed E-state index contributed by atoms with van der Waals surface area (Å²) in [6.07, 6.45) is -0.445. The van der Waals surface area contributed by atoms with Gasteiger partial charge in [-0.1, -0.05) is 23.7 Å². The lowest BCUT2D eigenvalue weighted by atomic mass is 10.1. The number of methoxy groups -OCH3 is 1. The first-order chi connectivity index (χ1) is 6.63. The SMILES string of the molecule is CO[C@H](Cc1ccc(Cl)cc1)C(=O)O. The lowest BCUT2D eigenvalue weighted by molar-refractivity contribution is -0.148. The number of benzene rings is 1. The molecule has 0 saturated heterocycles. The first-order valence-corrected chi connectivity index (χ1v) is 4.51. The standard InChI is InChI=1S/C10H11ClO3/c1-14-9(10(12)13)6-7-2-4-8(11)5-3-7/h2-5,9H,6H2,1H3,(H,12,13)/t9-/m1/s1. The van der Waals surface area contributed by atoms with Crippen LogP contribution in [0, 0.1) is 0 Å². The van der Waals surface area contributed by atoms with Crippen molar-refractivity contribution in [2.24, 2.45) is 0 Å². The number of carboxylic acid groups (broad SMARTS) is 1. The van der Waals surface area contributed by atoms with Crippen LogP contribution in [0.3, 0.4) is 0 Å². The normalized spacial score (nSPS) is 12.4. The summed E-state index contributed by atoms with van der Waals surface area (Å²) < 4.78 is 4.81. The Hall–Kier alpha value is -1.06. The number of carbonyl (C=O) groups is 1. The van der Waals surface area contributed by atoms with Crippen LogP contribution >= 0.6 is 11.6 Å². The van der Waals surface area contributed by atoms with E-state index in [1.54, 1.807) is 24.3 Å². The van der Waals surface area contributed by atoms with Crippen LogP contribution in [-0.4, -0.2) is 24.3 Å². The van der Waals surface area contributed by atoms with Crippen LogP contribution in [0.5, 0.6) is 0 Å². The Kier molecular flexibility index (Phi) is 3.92. The van der Waals surface area contributed by atoms with Gasteiger partial charge in [0.05, 0.1) is 0 Å². The van der Waals surface area contributed by atoms with E-state index in [2.05, 4.69) is 0 Å². The second-order valence-electron chi connectivity index (χ2n) is 2.89. The first-order valence-electron chi connectivity index (χ1n) is 4.13. The summed E-state index contributed by atoms with van der Waals surface area (Å²) in [5.74, 6) is -0.956. The van der Waals surface area contributed by atoms with E-state index in [4.69, 9.17) is 21.4 Å². The van der Waals surface area contributed by atoms with Gasteiger partial charge in [0.25, 0.3) is 0 Å². The zero-order chi connectivity index (χ0) is 10.6. The van der Waals surface area contributed by atoms with Crippen LogP contribution in [0.1, 0.15) is 5.56 Å². The second kappa shape index (κ2) is 4.98. The number of hydrogen-bond donors (Lipinski definition) is 1. The van der Waals surface area contributed by atoms with E-state index in [1.807, 2.05) is 0 Å². The number of hydrogen-bond acceptors (Lipinski definition) is 2. The number of carboxylic acids is 1. The summed E-state index contributed by atoms with van der Waals surface area (Å²) in [6.45, 7) is 0. The molecule has 1 N–H and O–H groups in total. The van der Waals surface area contributed by atoms with Crippen LogP contribution < -0.4 is 0 Å². The molecule has 0 aliphatic rings. The van der Waals surface area contributed by atoms with Gasteiger partial charge >= 0.3 is 5.97 Å². The maximum Gasteiger partial charge on any atom is 0.333 e. The third kappa shape index (κ3) is 3.01. The number of halogens is 1. The van der Waals surface area contributed by atoms with Crippen molar-refractivity contribution in [3.8, 4) is 0 Å². The summed E-state index contributed by atoms with van der Waals surface area (Å²) in [5.41, 5.74) is 0.892. The lowest BCUT2D eigenvalue weighted by Crippen LogP contribution is -2.24. The molecule has 76 valence electrons. The monoisotopic (exact) mass is 214 g/mol. The molecule has 0 unspecified atom stereocenters. The smallest absolute Gasteiger partial charge is 0.333 e. The van der Waals surface area contributed by atoms with Crippen molar-refractivity contribution >= 4 is 17.6 Å². The van der Waals surface area contributed by atoms with E-state index in [-0.39, 0.29) is 0 Å². The Morgan fingerprint density at radius 1 is 1.50 bits per heavy atom. The van der Waals surface area contributed by atoms with Gasteiger partial charge in [0, 0.05) is 18.6 Å². The molecular formula is C10H11ClO3. The van der Waals surface area contributed by atoms with E-state index in [0.29, 0.717) is 11.4 Å². The van der Waals surface area contributed by atoms with Gasteiger partial charge in [-0.15, -0.1) is 0 Å². The molecule has 0 fully saturated rings. The average Bonchev–Trinajstić information content (AvgIpc) is 2.16. The molecule has 1 rings (SSSR count). The zero-order valence-electron chi connectivity index (χ0n) is 7.74. The molecule has 0 aliphatic heterocycles. The predicted octanol–water partition coefficient (Wildman–Crippen LogP) is 1.98. The largest absolute Gasteiger partial charge is 0.479 e. The molecule has 1 aromatic rings. The average molecular weight is 215 g/mol. The van der Waals surface area contributed by atoms with Gasteiger partial charge in [0.15, 0.2) is 6.10 Å². The summed E-state index contributed by atoms with van der Waals surface area (Å²) in [4.78, 5) is 10.7. The first kappa shape index (κ1) is 11.0. The predicted molar refractivity (Wildman–Crippen MR) is 53.6 cm³/mol. The van der Waals surface area contributed by atoms with Crippen molar-refractivity contribution in [1.82, 2.24) is 0 Å². The van der Waals surface area contributed by atoms with Crippen molar-refractivity contribution < 1.29 is 14.6 Å². The molecule has 0 aromatic heterocycles. The van der Waals surface area contributed by atoms with Crippen LogP contribution in [0.25, 0.3) is 0 Å². The molecule has 0 saturated carbocycles. The third-order valence-corrected chi connectivity index (χ3v) is 2.15. The van der Waals surface area contributed by atoms with Crippen LogP contribution in [0.2, 0.25) is 5.02 Å². The van der Waals surface area contributed by atoms with Gasteiger partial charge in [-0.05, 0) is 17.7 Å². The molecule has 0 radical (unpaired) electrons. The highest BCUT2D eigenvalue weighted by Crippen LogP contribution is 2.11. The van der Waals surface area contributed by atoms with Crippen LogP contribution in [0.4, 0.5) is 0 Å². The Bertz CT molecular complexity index is 308. The van der Waals surface area contributed by atoms with E-state index < -0.39 is 12.1 Å². The Labute approximate surface area is 87.3 Å². The van der Waals surface area contributed by atoms with E-state index in [1.165, 1.54) is 7.11 Å². The van der Waals surface area contributed by atoms with E-state index in [0.717, 1.165) is 5.56 Å². The maximum atomic E-state index is 10.7. The second-order valence-corrected chi connectivity index (χ2v) is 3.33. The van der Waals surface area contributed by atoms with Crippen molar-refractivity contribution in [3.63, 3.8) is 0 Å².